The molecule has 2 heterocycles. The number of aryl methyl sites for hydroxylation is 1. The van der Waals surface area contributed by atoms with E-state index in [2.05, 4.69) is 4.98 Å². The molecular weight excluding hydrogens is 270 g/mol. The second-order valence-corrected chi connectivity index (χ2v) is 5.53. The molecule has 0 bridgehead atoms. The molecule has 7 heteroatoms. The first kappa shape index (κ1) is 15.5. The maximum atomic E-state index is 12.6. The molecule has 2 rings (SSSR count). The molecule has 0 aromatic carbocycles. The van der Waals surface area contributed by atoms with Crippen molar-refractivity contribution >= 4 is 11.2 Å². The Morgan fingerprint density at radius 3 is 2.48 bits per heavy atom. The molecule has 1 unspecified atom stereocenters. The van der Waals surface area contributed by atoms with Gasteiger partial charge in [0, 0.05) is 25.2 Å². The molecule has 0 fully saturated rings. The summed E-state index contributed by atoms with van der Waals surface area (Å²) in [5.74, 6) is 0. The first-order valence-corrected chi connectivity index (χ1v) is 7.38. The van der Waals surface area contributed by atoms with Gasteiger partial charge in [0.25, 0.3) is 5.56 Å². The summed E-state index contributed by atoms with van der Waals surface area (Å²) in [5, 5.41) is 0. The quantitative estimate of drug-likeness (QED) is 0.879. The Morgan fingerprint density at radius 1 is 1.29 bits per heavy atom. The number of imidazole rings is 1. The second-order valence-electron chi connectivity index (χ2n) is 5.53. The number of fused-ring (bicyclic) bond motifs is 1. The van der Waals surface area contributed by atoms with Crippen molar-refractivity contribution in [1.82, 2.24) is 18.7 Å². The predicted molar refractivity (Wildman–Crippen MR) is 82.6 cm³/mol. The van der Waals surface area contributed by atoms with E-state index in [1.807, 2.05) is 27.7 Å². The highest BCUT2D eigenvalue weighted by molar-refractivity contribution is 5.70. The third-order valence-electron chi connectivity index (χ3n) is 3.73. The fourth-order valence-corrected chi connectivity index (χ4v) is 2.43. The lowest BCUT2D eigenvalue weighted by atomic mass is 10.2. The Kier molecular flexibility index (Phi) is 4.32. The maximum absolute atomic E-state index is 12.6. The number of nitrogens with zero attached hydrogens (tertiary/aromatic N) is 4. The summed E-state index contributed by atoms with van der Waals surface area (Å²) in [6.45, 7) is 8.54. The van der Waals surface area contributed by atoms with Crippen LogP contribution in [0.3, 0.4) is 0 Å². The van der Waals surface area contributed by atoms with Crippen LogP contribution in [0, 0.1) is 0 Å². The molecule has 21 heavy (non-hydrogen) atoms. The Bertz CT molecular complexity index is 753. The van der Waals surface area contributed by atoms with Gasteiger partial charge in [-0.2, -0.15) is 0 Å². The van der Waals surface area contributed by atoms with Crippen molar-refractivity contribution < 1.29 is 0 Å². The predicted octanol–water partition coefficient (Wildman–Crippen LogP) is 0.698. The van der Waals surface area contributed by atoms with Gasteiger partial charge in [-0.05, 0) is 27.2 Å². The highest BCUT2D eigenvalue weighted by Crippen LogP contribution is 2.11. The van der Waals surface area contributed by atoms with E-state index in [1.165, 1.54) is 4.57 Å². The molecule has 0 spiro atoms. The Morgan fingerprint density at radius 2 is 1.95 bits per heavy atom. The van der Waals surface area contributed by atoms with Crippen molar-refractivity contribution in [2.45, 2.75) is 59.3 Å². The largest absolute Gasteiger partial charge is 0.333 e. The summed E-state index contributed by atoms with van der Waals surface area (Å²) in [5.41, 5.74) is 6.19. The zero-order valence-electron chi connectivity index (χ0n) is 13.0. The molecule has 0 aliphatic rings. The minimum absolute atomic E-state index is 0.0788. The van der Waals surface area contributed by atoms with Crippen LogP contribution in [0.4, 0.5) is 0 Å². The van der Waals surface area contributed by atoms with Crippen LogP contribution in [0.15, 0.2) is 15.9 Å². The number of hydrogen-bond acceptors (Lipinski definition) is 4. The lowest BCUT2D eigenvalue weighted by Crippen LogP contribution is -2.44. The van der Waals surface area contributed by atoms with Crippen molar-refractivity contribution in [2.24, 2.45) is 5.73 Å². The van der Waals surface area contributed by atoms with Crippen LogP contribution in [0.5, 0.6) is 0 Å². The van der Waals surface area contributed by atoms with Crippen LogP contribution in [-0.2, 0) is 13.1 Å². The molecule has 0 saturated carbocycles. The van der Waals surface area contributed by atoms with Gasteiger partial charge in [-0.25, -0.2) is 9.78 Å². The molecular formula is C14H23N5O2. The summed E-state index contributed by atoms with van der Waals surface area (Å²) >= 11 is 0. The van der Waals surface area contributed by atoms with Gasteiger partial charge < -0.3 is 10.3 Å². The van der Waals surface area contributed by atoms with Crippen LogP contribution in [-0.4, -0.2) is 24.7 Å². The van der Waals surface area contributed by atoms with Crippen LogP contribution >= 0.6 is 0 Å². The molecule has 7 nitrogen and oxygen atoms in total. The molecule has 0 saturated heterocycles. The van der Waals surface area contributed by atoms with Gasteiger partial charge in [0.15, 0.2) is 11.2 Å². The van der Waals surface area contributed by atoms with E-state index < -0.39 is 0 Å². The van der Waals surface area contributed by atoms with Gasteiger partial charge in [-0.15, -0.1) is 0 Å². The number of aromatic nitrogens is 4. The average Bonchev–Trinajstić information content (AvgIpc) is 2.86. The first-order valence-electron chi connectivity index (χ1n) is 7.38. The lowest BCUT2D eigenvalue weighted by Gasteiger charge is -2.16. The van der Waals surface area contributed by atoms with Gasteiger partial charge in [-0.3, -0.25) is 13.9 Å². The van der Waals surface area contributed by atoms with Gasteiger partial charge in [0.2, 0.25) is 0 Å². The van der Waals surface area contributed by atoms with Gasteiger partial charge in [-0.1, -0.05) is 6.92 Å². The van der Waals surface area contributed by atoms with Gasteiger partial charge >= 0.3 is 5.69 Å². The van der Waals surface area contributed by atoms with Crippen molar-refractivity contribution in [3.05, 3.63) is 27.2 Å². The van der Waals surface area contributed by atoms with E-state index in [0.717, 1.165) is 0 Å². The van der Waals surface area contributed by atoms with Crippen LogP contribution in [0.1, 0.15) is 40.2 Å². The summed E-state index contributed by atoms with van der Waals surface area (Å²) in [4.78, 5) is 29.5. The normalized spacial score (nSPS) is 13.2. The lowest BCUT2D eigenvalue weighted by molar-refractivity contribution is 0.473. The topological polar surface area (TPSA) is 87.8 Å². The zero-order valence-corrected chi connectivity index (χ0v) is 13.0. The average molecular weight is 293 g/mol. The van der Waals surface area contributed by atoms with Crippen LogP contribution in [0.25, 0.3) is 11.2 Å². The van der Waals surface area contributed by atoms with Crippen LogP contribution < -0.4 is 17.0 Å². The highest BCUT2D eigenvalue weighted by Gasteiger charge is 2.19. The van der Waals surface area contributed by atoms with E-state index in [4.69, 9.17) is 5.73 Å². The third-order valence-corrected chi connectivity index (χ3v) is 3.73. The molecule has 0 radical (unpaired) electrons. The molecule has 0 aliphatic carbocycles. The summed E-state index contributed by atoms with van der Waals surface area (Å²) < 4.78 is 4.57. The minimum Gasteiger partial charge on any atom is -0.326 e. The monoisotopic (exact) mass is 293 g/mol. The van der Waals surface area contributed by atoms with Crippen LogP contribution in [0.2, 0.25) is 0 Å². The van der Waals surface area contributed by atoms with E-state index in [1.54, 1.807) is 15.5 Å². The fourth-order valence-electron chi connectivity index (χ4n) is 2.43. The third kappa shape index (κ3) is 2.53. The Labute approximate surface area is 123 Å². The molecule has 2 N–H and O–H groups in total. The molecule has 0 amide bonds. The zero-order chi connectivity index (χ0) is 15.7. The molecule has 0 aliphatic heterocycles. The standard InChI is InChI=1S/C14H23N5O2/c1-5-10(15)7-18-13(20)11-12(16-8-17(11)6-2)19(9(3)4)14(18)21/h8-10H,5-7,15H2,1-4H3. The summed E-state index contributed by atoms with van der Waals surface area (Å²) in [6.07, 6.45) is 2.31. The van der Waals surface area contributed by atoms with Gasteiger partial charge in [0.05, 0.1) is 6.33 Å². The Hall–Kier alpha value is -1.89. The van der Waals surface area contributed by atoms with Crippen molar-refractivity contribution in [2.75, 3.05) is 0 Å². The number of rotatable bonds is 5. The smallest absolute Gasteiger partial charge is 0.326 e. The number of hydrogen-bond donors (Lipinski definition) is 1. The SMILES string of the molecule is CCC(N)Cn1c(=O)c2c(ncn2CC)n(C(C)C)c1=O. The highest BCUT2D eigenvalue weighted by atomic mass is 16.2. The van der Waals surface area contributed by atoms with E-state index >= 15 is 0 Å². The van der Waals surface area contributed by atoms with Crippen molar-refractivity contribution in [1.29, 1.82) is 0 Å². The molecule has 2 aromatic heterocycles. The van der Waals surface area contributed by atoms with E-state index in [-0.39, 0.29) is 29.9 Å². The van der Waals surface area contributed by atoms with Crippen molar-refractivity contribution in [3.8, 4) is 0 Å². The Balaban J connectivity index is 2.85. The minimum atomic E-state index is -0.340. The second kappa shape index (κ2) is 5.85. The molecule has 116 valence electrons. The molecule has 2 aromatic rings. The van der Waals surface area contributed by atoms with E-state index in [9.17, 15) is 9.59 Å². The number of nitrogens with two attached hydrogens (primary N) is 1. The molecule has 1 atom stereocenters. The van der Waals surface area contributed by atoms with Crippen molar-refractivity contribution in [3.63, 3.8) is 0 Å². The van der Waals surface area contributed by atoms with E-state index in [0.29, 0.717) is 24.1 Å². The first-order chi connectivity index (χ1) is 9.92. The summed E-state index contributed by atoms with van der Waals surface area (Å²) in [7, 11) is 0. The van der Waals surface area contributed by atoms with Gasteiger partial charge in [0.1, 0.15) is 0 Å². The summed E-state index contributed by atoms with van der Waals surface area (Å²) in [6, 6.07) is -0.295. The fraction of sp³-hybridized carbons (Fsp3) is 0.643. The maximum Gasteiger partial charge on any atom is 0.333 e.